The van der Waals surface area contributed by atoms with Gasteiger partial charge in [0.25, 0.3) is 0 Å². The second kappa shape index (κ2) is 24.6. The minimum Gasteiger partial charge on any atom is -0.497 e. The third-order valence-electron chi connectivity index (χ3n) is 7.48. The van der Waals surface area contributed by atoms with Gasteiger partial charge in [0, 0.05) is 60.3 Å². The van der Waals surface area contributed by atoms with Gasteiger partial charge < -0.3 is 50.8 Å². The molecule has 0 saturated heterocycles. The minimum atomic E-state index is -0.180. The van der Waals surface area contributed by atoms with Crippen molar-refractivity contribution in [3.8, 4) is 23.0 Å². The maximum Gasteiger partial charge on any atom is 0.226 e. The number of anilines is 3. The number of halogens is 3. The number of Topliss-reactive ketones (excluding diaryl/α,β-unsaturated/α-hetero) is 2. The van der Waals surface area contributed by atoms with E-state index >= 15 is 0 Å². The zero-order valence-electron chi connectivity index (χ0n) is 31.5. The number of methoxy groups -OCH3 is 4. The molecule has 2 aromatic carbocycles. The van der Waals surface area contributed by atoms with Crippen LogP contribution in [0.4, 0.5) is 17.6 Å². The van der Waals surface area contributed by atoms with Crippen LogP contribution in [-0.4, -0.2) is 96.5 Å². The molecule has 7 N–H and O–H groups in total. The van der Waals surface area contributed by atoms with Crippen molar-refractivity contribution in [2.75, 3.05) is 70.7 Å². The molecule has 0 aliphatic carbocycles. The molecule has 0 fully saturated rings. The number of aromatic nitrogens is 4. The first-order valence-corrected chi connectivity index (χ1v) is 17.8. The molecule has 300 valence electrons. The lowest BCUT2D eigenvalue weighted by molar-refractivity contribution is -0.118. The maximum atomic E-state index is 11.6. The van der Waals surface area contributed by atoms with Crippen molar-refractivity contribution in [1.82, 2.24) is 19.9 Å². The first kappa shape index (κ1) is 46.4. The Balaban J connectivity index is 0.000000315. The Labute approximate surface area is 335 Å². The average molecular weight is 826 g/mol. The largest absolute Gasteiger partial charge is 0.497 e. The summed E-state index contributed by atoms with van der Waals surface area (Å²) < 4.78 is 20.7. The summed E-state index contributed by atoms with van der Waals surface area (Å²) in [6, 6.07) is 11.1. The molecule has 55 heavy (non-hydrogen) atoms. The molecule has 2 heterocycles. The lowest BCUT2D eigenvalue weighted by Gasteiger charge is -2.14. The van der Waals surface area contributed by atoms with Crippen LogP contribution >= 0.6 is 34.8 Å². The Bertz CT molecular complexity index is 1860. The van der Waals surface area contributed by atoms with Crippen LogP contribution in [0.15, 0.2) is 36.4 Å². The van der Waals surface area contributed by atoms with Gasteiger partial charge in [-0.2, -0.15) is 4.98 Å². The van der Waals surface area contributed by atoms with Crippen molar-refractivity contribution in [3.63, 3.8) is 0 Å². The number of ketones is 2. The third kappa shape index (κ3) is 15.5. The summed E-state index contributed by atoms with van der Waals surface area (Å²) in [6.07, 6.45) is 0.200. The second-order valence-electron chi connectivity index (χ2n) is 11.2. The average Bonchev–Trinajstić information content (AvgIpc) is 3.18. The number of ether oxygens (including phenoxy) is 4. The third-order valence-corrected chi connectivity index (χ3v) is 8.38. The van der Waals surface area contributed by atoms with E-state index in [1.54, 1.807) is 48.4 Å². The number of nitrogens with one attached hydrogen (secondary N) is 3. The number of carbonyl (C=O) groups is 2. The van der Waals surface area contributed by atoms with Gasteiger partial charge in [-0.1, -0.05) is 29.3 Å². The summed E-state index contributed by atoms with van der Waals surface area (Å²) in [4.78, 5) is 39.0. The maximum absolute atomic E-state index is 11.6. The Morgan fingerprint density at radius 3 is 1.62 bits per heavy atom. The highest BCUT2D eigenvalue weighted by molar-refractivity contribution is 6.32. The number of hydrogen-bond acceptors (Lipinski definition) is 16. The van der Waals surface area contributed by atoms with Crippen LogP contribution < -0.4 is 40.6 Å². The number of nitrogens with zero attached hydrogens (tertiary/aromatic N) is 4. The van der Waals surface area contributed by atoms with E-state index in [9.17, 15) is 9.59 Å². The van der Waals surface area contributed by atoms with Gasteiger partial charge >= 0.3 is 0 Å². The molecule has 0 saturated carbocycles. The molecule has 0 spiro atoms. The van der Waals surface area contributed by atoms with Crippen LogP contribution in [0, 0.1) is 13.8 Å². The first-order valence-electron chi connectivity index (χ1n) is 16.7. The molecule has 19 heteroatoms. The van der Waals surface area contributed by atoms with Gasteiger partial charge in [0.15, 0.2) is 11.6 Å². The highest BCUT2D eigenvalue weighted by atomic mass is 35.5. The molecule has 0 atom stereocenters. The Morgan fingerprint density at radius 2 is 1.15 bits per heavy atom. The van der Waals surface area contributed by atoms with E-state index in [1.807, 2.05) is 30.3 Å². The first-order chi connectivity index (χ1) is 26.3. The van der Waals surface area contributed by atoms with E-state index in [1.165, 1.54) is 0 Å². The van der Waals surface area contributed by atoms with Gasteiger partial charge in [-0.3, -0.25) is 9.59 Å². The van der Waals surface area contributed by atoms with Crippen molar-refractivity contribution >= 4 is 64.0 Å². The van der Waals surface area contributed by atoms with Gasteiger partial charge in [0.2, 0.25) is 11.2 Å². The van der Waals surface area contributed by atoms with E-state index in [0.717, 1.165) is 22.6 Å². The molecule has 4 rings (SSSR count). The fourth-order valence-electron chi connectivity index (χ4n) is 4.36. The molecule has 2 aromatic heterocycles. The molecule has 4 aromatic rings. The molecule has 0 aliphatic rings. The van der Waals surface area contributed by atoms with Crippen LogP contribution in [0.1, 0.15) is 35.1 Å². The van der Waals surface area contributed by atoms with Crippen molar-refractivity contribution in [2.45, 2.75) is 39.8 Å². The number of hydrogen-bond donors (Lipinski definition) is 6. The smallest absolute Gasteiger partial charge is 0.226 e. The van der Waals surface area contributed by atoms with Gasteiger partial charge in [-0.15, -0.1) is 0 Å². The van der Waals surface area contributed by atoms with Crippen molar-refractivity contribution in [1.29, 1.82) is 0 Å². The zero-order valence-corrected chi connectivity index (χ0v) is 33.7. The normalized spacial score (nSPS) is 10.2. The van der Waals surface area contributed by atoms with Gasteiger partial charge in [0.05, 0.1) is 54.7 Å². The highest BCUT2D eigenvalue weighted by Crippen LogP contribution is 2.27. The predicted octanol–water partition coefficient (Wildman–Crippen LogP) is 5.05. The Hall–Kier alpha value is -4.71. The van der Waals surface area contributed by atoms with Crippen LogP contribution in [0.2, 0.25) is 15.6 Å². The van der Waals surface area contributed by atoms with Crippen molar-refractivity contribution in [2.24, 2.45) is 5.73 Å². The van der Waals surface area contributed by atoms with E-state index in [2.05, 4.69) is 35.9 Å². The van der Waals surface area contributed by atoms with Gasteiger partial charge in [-0.25, -0.2) is 15.0 Å². The summed E-state index contributed by atoms with van der Waals surface area (Å²) in [7, 11) is 6.42. The highest BCUT2D eigenvalue weighted by Gasteiger charge is 2.13. The zero-order chi connectivity index (χ0) is 40.9. The lowest BCUT2D eigenvalue weighted by Crippen LogP contribution is -2.17. The predicted molar refractivity (Wildman–Crippen MR) is 213 cm³/mol. The number of aliphatic hydroxyl groups is 2. The monoisotopic (exact) mass is 824 g/mol. The number of benzene rings is 2. The second-order valence-corrected chi connectivity index (χ2v) is 12.3. The number of carbonyl (C=O) groups excluding carboxylic acids is 2. The van der Waals surface area contributed by atoms with E-state index < -0.39 is 0 Å². The Kier molecular flexibility index (Phi) is 20.8. The van der Waals surface area contributed by atoms with Gasteiger partial charge in [0.1, 0.15) is 44.9 Å². The number of nitrogens with two attached hydrogens (primary N) is 1. The molecular formula is C36H47Cl3N8O8. The van der Waals surface area contributed by atoms with E-state index in [4.69, 9.17) is 69.7 Å². The molecular weight excluding hydrogens is 779 g/mol. The van der Waals surface area contributed by atoms with Crippen molar-refractivity contribution in [3.05, 3.63) is 74.2 Å². The summed E-state index contributed by atoms with van der Waals surface area (Å²) in [5, 5.41) is 26.8. The quantitative estimate of drug-likeness (QED) is 0.0570. The molecule has 16 nitrogen and oxygen atoms in total. The standard InChI is InChI=1S/C18H23ClN4O4.C9H11Cl2N3O2.C9H13NO2/c1-11-16(19)22-18(23-17(11)20-10-13(25)6-7-24)21-9-12-4-5-14(26-2)8-15(12)27-3;1-5-7(10)13-9(11)14-8(5)12-4-6(16)2-3-15;1-11-8-4-3-7(6-10)9(5-8)12-2/h4-5,8,24H,6-7,9-10H2,1-3H3,(H2,20,21,22,23);15H,2-4H2,1H3,(H,12,13,14);3-5H,6,10H2,1-2H3. The lowest BCUT2D eigenvalue weighted by atomic mass is 10.2. The van der Waals surface area contributed by atoms with E-state index in [0.29, 0.717) is 53.3 Å². The number of aliphatic hydroxyl groups excluding tert-OH is 2. The van der Waals surface area contributed by atoms with Crippen LogP contribution in [-0.2, 0) is 22.7 Å². The molecule has 0 unspecified atom stereocenters. The van der Waals surface area contributed by atoms with Crippen LogP contribution in [0.3, 0.4) is 0 Å². The van der Waals surface area contributed by atoms with Crippen molar-refractivity contribution < 1.29 is 38.7 Å². The number of rotatable bonds is 18. The SMILES string of the molecule is COc1ccc(CN)c(OC)c1.COc1ccc(CNc2nc(Cl)c(C)c(NCC(=O)CCO)n2)c(OC)c1.Cc1c(Cl)nc(Cl)nc1NCC(=O)CCO. The van der Waals surface area contributed by atoms with E-state index in [-0.39, 0.29) is 66.3 Å². The molecule has 0 aliphatic heterocycles. The summed E-state index contributed by atoms with van der Waals surface area (Å²) in [5.74, 6) is 3.90. The van der Waals surface area contributed by atoms with Crippen LogP contribution in [0.5, 0.6) is 23.0 Å². The fourth-order valence-corrected chi connectivity index (χ4v) is 4.91. The minimum absolute atomic E-state index is 0.0210. The summed E-state index contributed by atoms with van der Waals surface area (Å²) >= 11 is 17.6. The molecule has 0 bridgehead atoms. The fraction of sp³-hybridized carbons (Fsp3) is 0.389. The molecule has 0 radical (unpaired) electrons. The van der Waals surface area contributed by atoms with Gasteiger partial charge in [-0.05, 0) is 43.6 Å². The summed E-state index contributed by atoms with van der Waals surface area (Å²) in [6.45, 7) is 4.16. The molecule has 0 amide bonds. The summed E-state index contributed by atoms with van der Waals surface area (Å²) in [5.41, 5.74) is 8.64. The van der Waals surface area contributed by atoms with Crippen LogP contribution in [0.25, 0.3) is 0 Å². The Morgan fingerprint density at radius 1 is 0.673 bits per heavy atom. The topological polar surface area (TPSA) is 225 Å².